The Morgan fingerprint density at radius 2 is 2.25 bits per heavy atom. The second-order valence-corrected chi connectivity index (χ2v) is 7.24. The van der Waals surface area contributed by atoms with Crippen molar-refractivity contribution in [3.63, 3.8) is 0 Å². The van der Waals surface area contributed by atoms with Gasteiger partial charge in [0.15, 0.2) is 0 Å². The first-order valence-corrected chi connectivity index (χ1v) is 9.23. The second-order valence-electron chi connectivity index (χ2n) is 7.24. The van der Waals surface area contributed by atoms with Crippen LogP contribution in [0.1, 0.15) is 47.9 Å². The van der Waals surface area contributed by atoms with Gasteiger partial charge in [0, 0.05) is 17.5 Å². The summed E-state index contributed by atoms with van der Waals surface area (Å²) < 4.78 is 20.1. The fraction of sp³-hybridized carbons (Fsp3) is 0.300. The third kappa shape index (κ3) is 2.90. The number of allylic oxidation sites excluding steroid dienone is 4. The molecule has 1 amide bonds. The number of amides is 1. The van der Waals surface area contributed by atoms with Gasteiger partial charge in [-0.2, -0.15) is 4.98 Å². The Bertz CT molecular complexity index is 1130. The van der Waals surface area contributed by atoms with E-state index in [0.29, 0.717) is 29.5 Å². The number of hydrogen-bond acceptors (Lipinski definition) is 5. The summed E-state index contributed by atoms with van der Waals surface area (Å²) in [4.78, 5) is 21.4. The molecule has 2 aliphatic carbocycles. The lowest BCUT2D eigenvalue weighted by Gasteiger charge is -2.20. The summed E-state index contributed by atoms with van der Waals surface area (Å²) in [6.07, 6.45) is 7.50. The summed E-state index contributed by atoms with van der Waals surface area (Å²) in [7, 11) is 0. The summed E-state index contributed by atoms with van der Waals surface area (Å²) in [5.74, 6) is 0.388. The Morgan fingerprint density at radius 1 is 1.39 bits per heavy atom. The van der Waals surface area contributed by atoms with Crippen LogP contribution in [0.25, 0.3) is 11.2 Å². The fourth-order valence-electron chi connectivity index (χ4n) is 3.33. The van der Waals surface area contributed by atoms with Crippen LogP contribution < -0.4 is 5.32 Å². The van der Waals surface area contributed by atoms with E-state index in [2.05, 4.69) is 20.4 Å². The van der Waals surface area contributed by atoms with Gasteiger partial charge in [0.05, 0.1) is 12.1 Å². The molecule has 1 N–H and O–H groups in total. The van der Waals surface area contributed by atoms with E-state index in [4.69, 9.17) is 4.52 Å². The standard InChI is InChI=1S/C20H18FN5O2/c1-11-5-6-12(18-24-20(28-25-18)13-9-14(13)21)8-15(11)23-19(27)16-10-22-17-4-2-3-7-26(16)17/h2-4,6-8,10-11,13-14H,5,9H2,1H3,(H,23,27)/t11?,13-,14-/m0/s1. The van der Waals surface area contributed by atoms with Gasteiger partial charge in [-0.1, -0.05) is 24.2 Å². The topological polar surface area (TPSA) is 85.3 Å². The van der Waals surface area contributed by atoms with Crippen LogP contribution in [0.5, 0.6) is 0 Å². The van der Waals surface area contributed by atoms with Gasteiger partial charge in [0.2, 0.25) is 11.7 Å². The Morgan fingerprint density at radius 3 is 3.07 bits per heavy atom. The van der Waals surface area contributed by atoms with Crippen molar-refractivity contribution < 1.29 is 13.7 Å². The Hall–Kier alpha value is -3.29. The van der Waals surface area contributed by atoms with Crippen molar-refractivity contribution in [3.05, 3.63) is 65.9 Å². The molecule has 0 aromatic carbocycles. The molecular weight excluding hydrogens is 361 g/mol. The number of carbonyl (C=O) groups is 1. The van der Waals surface area contributed by atoms with Gasteiger partial charge in [0.25, 0.3) is 5.91 Å². The summed E-state index contributed by atoms with van der Waals surface area (Å²) in [6, 6.07) is 5.57. The molecule has 1 fully saturated rings. The van der Waals surface area contributed by atoms with Crippen LogP contribution in [0.2, 0.25) is 0 Å². The molecular formula is C20H18FN5O2. The smallest absolute Gasteiger partial charge is 0.274 e. The molecule has 0 aliphatic heterocycles. The Labute approximate surface area is 160 Å². The highest BCUT2D eigenvalue weighted by Crippen LogP contribution is 2.43. The first-order valence-electron chi connectivity index (χ1n) is 9.23. The summed E-state index contributed by atoms with van der Waals surface area (Å²) in [5.41, 5.74) is 2.71. The number of hydrogen-bond donors (Lipinski definition) is 1. The number of nitrogens with zero attached hydrogens (tertiary/aromatic N) is 4. The van der Waals surface area contributed by atoms with E-state index in [9.17, 15) is 9.18 Å². The summed E-state index contributed by atoms with van der Waals surface area (Å²) >= 11 is 0. The molecule has 3 heterocycles. The molecule has 0 spiro atoms. The number of fused-ring (bicyclic) bond motifs is 1. The monoisotopic (exact) mass is 379 g/mol. The maximum absolute atomic E-state index is 13.2. The number of rotatable bonds is 4. The van der Waals surface area contributed by atoms with Gasteiger partial charge >= 0.3 is 0 Å². The highest BCUT2D eigenvalue weighted by atomic mass is 19.1. The largest absolute Gasteiger partial charge is 0.339 e. The predicted octanol–water partition coefficient (Wildman–Crippen LogP) is 3.28. The van der Waals surface area contributed by atoms with Gasteiger partial charge in [-0.05, 0) is 37.0 Å². The highest BCUT2D eigenvalue weighted by molar-refractivity contribution is 5.94. The predicted molar refractivity (Wildman–Crippen MR) is 99.1 cm³/mol. The molecule has 5 rings (SSSR count). The molecule has 7 nitrogen and oxygen atoms in total. The Balaban J connectivity index is 1.38. The third-order valence-electron chi connectivity index (χ3n) is 5.17. The van der Waals surface area contributed by atoms with E-state index in [1.54, 1.807) is 16.8 Å². The van der Waals surface area contributed by atoms with Crippen molar-refractivity contribution in [2.45, 2.75) is 31.9 Å². The molecule has 8 heteroatoms. The molecule has 0 radical (unpaired) electrons. The molecule has 142 valence electrons. The number of pyridine rings is 1. The zero-order valence-corrected chi connectivity index (χ0v) is 15.2. The van der Waals surface area contributed by atoms with E-state index >= 15 is 0 Å². The van der Waals surface area contributed by atoms with Gasteiger partial charge < -0.3 is 9.84 Å². The number of nitrogens with one attached hydrogen (secondary N) is 1. The van der Waals surface area contributed by atoms with Crippen LogP contribution in [0, 0.1) is 5.92 Å². The van der Waals surface area contributed by atoms with Crippen molar-refractivity contribution in [2.75, 3.05) is 0 Å². The lowest BCUT2D eigenvalue weighted by atomic mass is 9.94. The Kier molecular flexibility index (Phi) is 3.85. The minimum absolute atomic E-state index is 0.136. The van der Waals surface area contributed by atoms with Gasteiger partial charge in [-0.15, -0.1) is 0 Å². The van der Waals surface area contributed by atoms with E-state index in [1.165, 1.54) is 0 Å². The van der Waals surface area contributed by atoms with E-state index in [-0.39, 0.29) is 17.7 Å². The normalized spacial score (nSPS) is 24.0. The van der Waals surface area contributed by atoms with Crippen molar-refractivity contribution in [2.24, 2.45) is 5.92 Å². The minimum Gasteiger partial charge on any atom is -0.339 e. The van der Waals surface area contributed by atoms with Crippen molar-refractivity contribution in [1.82, 2.24) is 24.8 Å². The SMILES string of the molecule is CC1CC=C(c2noc([C@H]3C[C@@H]3F)n2)C=C1NC(=O)c1cnc2ccccn12. The maximum atomic E-state index is 13.2. The lowest BCUT2D eigenvalue weighted by Crippen LogP contribution is -2.28. The zero-order valence-electron chi connectivity index (χ0n) is 15.2. The molecule has 3 atom stereocenters. The average molecular weight is 379 g/mol. The number of alkyl halides is 1. The van der Waals surface area contributed by atoms with Crippen molar-refractivity contribution >= 4 is 17.1 Å². The second kappa shape index (κ2) is 6.40. The van der Waals surface area contributed by atoms with Crippen LogP contribution in [-0.4, -0.2) is 31.6 Å². The average Bonchev–Trinajstić information content (AvgIpc) is 3.12. The lowest BCUT2D eigenvalue weighted by molar-refractivity contribution is 0.0956. The summed E-state index contributed by atoms with van der Waals surface area (Å²) in [6.45, 7) is 2.04. The first-order chi connectivity index (χ1) is 13.6. The van der Waals surface area contributed by atoms with E-state index < -0.39 is 6.17 Å². The quantitative estimate of drug-likeness (QED) is 0.752. The maximum Gasteiger partial charge on any atom is 0.274 e. The molecule has 3 aromatic rings. The third-order valence-corrected chi connectivity index (χ3v) is 5.17. The van der Waals surface area contributed by atoms with Crippen LogP contribution in [0.4, 0.5) is 4.39 Å². The molecule has 3 aromatic heterocycles. The van der Waals surface area contributed by atoms with E-state index in [0.717, 1.165) is 17.7 Å². The molecule has 1 unspecified atom stereocenters. The molecule has 1 saturated carbocycles. The first kappa shape index (κ1) is 16.9. The number of carbonyl (C=O) groups excluding carboxylic acids is 1. The van der Waals surface area contributed by atoms with Crippen molar-refractivity contribution in [1.29, 1.82) is 0 Å². The molecule has 28 heavy (non-hydrogen) atoms. The number of aromatic nitrogens is 4. The minimum atomic E-state index is -0.885. The van der Waals surface area contributed by atoms with Crippen LogP contribution >= 0.6 is 0 Å². The molecule has 0 saturated heterocycles. The summed E-state index contributed by atoms with van der Waals surface area (Å²) in [5, 5.41) is 6.96. The van der Waals surface area contributed by atoms with Crippen LogP contribution in [0.3, 0.4) is 0 Å². The van der Waals surface area contributed by atoms with Gasteiger partial charge in [-0.25, -0.2) is 9.37 Å². The highest BCUT2D eigenvalue weighted by Gasteiger charge is 2.43. The number of halogens is 1. The molecule has 2 aliphatic rings. The zero-order chi connectivity index (χ0) is 19.3. The van der Waals surface area contributed by atoms with Crippen molar-refractivity contribution in [3.8, 4) is 0 Å². The van der Waals surface area contributed by atoms with Gasteiger partial charge in [-0.3, -0.25) is 9.20 Å². The van der Waals surface area contributed by atoms with Crippen LogP contribution in [-0.2, 0) is 0 Å². The van der Waals surface area contributed by atoms with Crippen LogP contribution in [0.15, 0.2) is 53.0 Å². The molecule has 0 bridgehead atoms. The van der Waals surface area contributed by atoms with E-state index in [1.807, 2.05) is 37.3 Å². The van der Waals surface area contributed by atoms with Gasteiger partial charge in [0.1, 0.15) is 17.5 Å². The fourth-order valence-corrected chi connectivity index (χ4v) is 3.33. The number of imidazole rings is 1.